The molecule has 0 saturated carbocycles. The van der Waals surface area contributed by atoms with E-state index in [2.05, 4.69) is 5.32 Å². The molecule has 3 nitrogen and oxygen atoms in total. The van der Waals surface area contributed by atoms with Crippen molar-refractivity contribution in [3.8, 4) is 5.75 Å². The molecule has 0 saturated heterocycles. The summed E-state index contributed by atoms with van der Waals surface area (Å²) in [7, 11) is 0. The molecule has 5 heteroatoms. The summed E-state index contributed by atoms with van der Waals surface area (Å²) in [5.41, 5.74) is 3.89. The van der Waals surface area contributed by atoms with Crippen molar-refractivity contribution in [1.82, 2.24) is 0 Å². The van der Waals surface area contributed by atoms with E-state index in [0.717, 1.165) is 33.1 Å². The Morgan fingerprint density at radius 3 is 2.60 bits per heavy atom. The standard InChI is InChI=1S/C20H18ClNO2S/c1-13-3-5-16(6-4-13)22-20(23)19-10-15(12-25-19)11-24-17-7-8-18(21)14(2)9-17/h3-10,12H,11H2,1-2H3,(H,22,23). The zero-order valence-corrected chi connectivity index (χ0v) is 15.6. The number of anilines is 1. The Morgan fingerprint density at radius 1 is 1.12 bits per heavy atom. The van der Waals surface area contributed by atoms with Crippen LogP contribution in [-0.2, 0) is 6.61 Å². The van der Waals surface area contributed by atoms with Crippen LogP contribution >= 0.6 is 22.9 Å². The average Bonchev–Trinajstić information content (AvgIpc) is 3.07. The Labute approximate surface area is 156 Å². The van der Waals surface area contributed by atoms with Crippen LogP contribution in [0.4, 0.5) is 5.69 Å². The van der Waals surface area contributed by atoms with E-state index >= 15 is 0 Å². The highest BCUT2D eigenvalue weighted by molar-refractivity contribution is 7.12. The summed E-state index contributed by atoms with van der Waals surface area (Å²) in [5.74, 6) is 0.654. The van der Waals surface area contributed by atoms with Gasteiger partial charge in [-0.15, -0.1) is 11.3 Å². The molecule has 0 fully saturated rings. The molecule has 1 aromatic heterocycles. The van der Waals surface area contributed by atoms with Crippen molar-refractivity contribution in [2.45, 2.75) is 20.5 Å². The Hall–Kier alpha value is -2.30. The van der Waals surface area contributed by atoms with Crippen LogP contribution in [0.1, 0.15) is 26.4 Å². The number of hydrogen-bond donors (Lipinski definition) is 1. The van der Waals surface area contributed by atoms with Gasteiger partial charge < -0.3 is 10.1 Å². The van der Waals surface area contributed by atoms with Crippen LogP contribution in [0.15, 0.2) is 53.9 Å². The van der Waals surface area contributed by atoms with Crippen LogP contribution in [0.2, 0.25) is 5.02 Å². The first kappa shape index (κ1) is 17.5. The van der Waals surface area contributed by atoms with Crippen molar-refractivity contribution >= 4 is 34.5 Å². The normalized spacial score (nSPS) is 10.5. The second kappa shape index (κ2) is 7.72. The highest BCUT2D eigenvalue weighted by Crippen LogP contribution is 2.23. The van der Waals surface area contributed by atoms with Gasteiger partial charge in [-0.05, 0) is 61.2 Å². The molecule has 0 aliphatic rings. The minimum atomic E-state index is -0.109. The van der Waals surface area contributed by atoms with Gasteiger partial charge in [-0.25, -0.2) is 0 Å². The number of amides is 1. The Morgan fingerprint density at radius 2 is 1.88 bits per heavy atom. The van der Waals surface area contributed by atoms with Crippen molar-refractivity contribution < 1.29 is 9.53 Å². The van der Waals surface area contributed by atoms with Crippen molar-refractivity contribution in [3.63, 3.8) is 0 Å². The van der Waals surface area contributed by atoms with E-state index in [-0.39, 0.29) is 5.91 Å². The molecule has 0 unspecified atom stereocenters. The summed E-state index contributed by atoms with van der Waals surface area (Å²) in [6.07, 6.45) is 0. The van der Waals surface area contributed by atoms with Crippen LogP contribution in [0.3, 0.4) is 0 Å². The lowest BCUT2D eigenvalue weighted by Gasteiger charge is -2.06. The van der Waals surface area contributed by atoms with E-state index in [4.69, 9.17) is 16.3 Å². The highest BCUT2D eigenvalue weighted by atomic mass is 35.5. The van der Waals surface area contributed by atoms with Gasteiger partial charge in [-0.3, -0.25) is 4.79 Å². The van der Waals surface area contributed by atoms with Gasteiger partial charge in [0, 0.05) is 16.3 Å². The first-order valence-corrected chi connectivity index (χ1v) is 9.11. The van der Waals surface area contributed by atoms with Gasteiger partial charge in [0.05, 0.1) is 4.88 Å². The number of halogens is 1. The number of aryl methyl sites for hydroxylation is 2. The maximum Gasteiger partial charge on any atom is 0.265 e. The van der Waals surface area contributed by atoms with Crippen molar-refractivity contribution in [3.05, 3.63) is 80.5 Å². The topological polar surface area (TPSA) is 38.3 Å². The van der Waals surface area contributed by atoms with Crippen molar-refractivity contribution in [1.29, 1.82) is 0 Å². The number of carbonyl (C=O) groups is 1. The fraction of sp³-hybridized carbons (Fsp3) is 0.150. The fourth-order valence-corrected chi connectivity index (χ4v) is 3.18. The van der Waals surface area contributed by atoms with E-state index in [0.29, 0.717) is 11.5 Å². The number of ether oxygens (including phenoxy) is 1. The first-order valence-electron chi connectivity index (χ1n) is 7.85. The van der Waals surface area contributed by atoms with E-state index in [1.807, 2.05) is 67.8 Å². The molecule has 0 spiro atoms. The summed E-state index contributed by atoms with van der Waals surface area (Å²) in [4.78, 5) is 13.0. The molecule has 0 aliphatic carbocycles. The van der Waals surface area contributed by atoms with Crippen LogP contribution in [0.5, 0.6) is 5.75 Å². The molecule has 2 aromatic carbocycles. The fourth-order valence-electron chi connectivity index (χ4n) is 2.27. The maximum absolute atomic E-state index is 12.3. The van der Waals surface area contributed by atoms with Gasteiger partial charge in [0.15, 0.2) is 0 Å². The number of nitrogens with one attached hydrogen (secondary N) is 1. The molecular weight excluding hydrogens is 354 g/mol. The lowest BCUT2D eigenvalue weighted by molar-refractivity contribution is 0.103. The Balaban J connectivity index is 1.60. The number of benzene rings is 2. The molecule has 0 atom stereocenters. The molecule has 0 bridgehead atoms. The minimum absolute atomic E-state index is 0.109. The third-order valence-corrected chi connectivity index (χ3v) is 5.12. The molecule has 25 heavy (non-hydrogen) atoms. The van der Waals surface area contributed by atoms with E-state index in [1.165, 1.54) is 11.3 Å². The molecule has 1 amide bonds. The first-order chi connectivity index (χ1) is 12.0. The number of hydrogen-bond acceptors (Lipinski definition) is 3. The van der Waals surface area contributed by atoms with Crippen LogP contribution in [0.25, 0.3) is 0 Å². The van der Waals surface area contributed by atoms with Crippen LogP contribution < -0.4 is 10.1 Å². The largest absolute Gasteiger partial charge is 0.489 e. The lowest BCUT2D eigenvalue weighted by Crippen LogP contribution is -2.10. The zero-order valence-electron chi connectivity index (χ0n) is 14.0. The van der Waals surface area contributed by atoms with Crippen molar-refractivity contribution in [2.75, 3.05) is 5.32 Å². The monoisotopic (exact) mass is 371 g/mol. The summed E-state index contributed by atoms with van der Waals surface area (Å²) in [6, 6.07) is 15.2. The molecule has 1 N–H and O–H groups in total. The predicted molar refractivity (Wildman–Crippen MR) is 104 cm³/mol. The molecule has 3 rings (SSSR count). The van der Waals surface area contributed by atoms with E-state index in [1.54, 1.807) is 0 Å². The third-order valence-electron chi connectivity index (χ3n) is 3.72. The Kier molecular flexibility index (Phi) is 5.41. The number of thiophene rings is 1. The third kappa shape index (κ3) is 4.62. The van der Waals surface area contributed by atoms with Gasteiger partial charge in [0.25, 0.3) is 5.91 Å². The second-order valence-corrected chi connectivity index (χ2v) is 7.16. The lowest BCUT2D eigenvalue weighted by atomic mass is 10.2. The average molecular weight is 372 g/mol. The molecular formula is C20H18ClNO2S. The van der Waals surface area contributed by atoms with Gasteiger partial charge in [0.2, 0.25) is 0 Å². The van der Waals surface area contributed by atoms with Gasteiger partial charge in [-0.2, -0.15) is 0 Å². The minimum Gasteiger partial charge on any atom is -0.489 e. The number of rotatable bonds is 5. The van der Waals surface area contributed by atoms with Crippen LogP contribution in [-0.4, -0.2) is 5.91 Å². The SMILES string of the molecule is Cc1ccc(NC(=O)c2cc(COc3ccc(Cl)c(C)c3)cs2)cc1. The Bertz CT molecular complexity index is 887. The molecule has 0 aliphatic heterocycles. The van der Waals surface area contributed by atoms with Gasteiger partial charge in [0.1, 0.15) is 12.4 Å². The predicted octanol–water partition coefficient (Wildman–Crippen LogP) is 5.85. The van der Waals surface area contributed by atoms with Crippen LogP contribution in [0, 0.1) is 13.8 Å². The molecule has 128 valence electrons. The highest BCUT2D eigenvalue weighted by Gasteiger charge is 2.10. The summed E-state index contributed by atoms with van der Waals surface area (Å²) >= 11 is 7.42. The van der Waals surface area contributed by atoms with Gasteiger partial charge in [-0.1, -0.05) is 29.3 Å². The smallest absolute Gasteiger partial charge is 0.265 e. The summed E-state index contributed by atoms with van der Waals surface area (Å²) in [5, 5.41) is 5.56. The number of carbonyl (C=O) groups excluding carboxylic acids is 1. The van der Waals surface area contributed by atoms with E-state index < -0.39 is 0 Å². The molecule has 0 radical (unpaired) electrons. The maximum atomic E-state index is 12.3. The van der Waals surface area contributed by atoms with Gasteiger partial charge >= 0.3 is 0 Å². The molecule has 3 aromatic rings. The molecule has 1 heterocycles. The second-order valence-electron chi connectivity index (χ2n) is 5.84. The summed E-state index contributed by atoms with van der Waals surface area (Å²) < 4.78 is 5.77. The zero-order chi connectivity index (χ0) is 17.8. The summed E-state index contributed by atoms with van der Waals surface area (Å²) in [6.45, 7) is 4.36. The quantitative estimate of drug-likeness (QED) is 0.610. The van der Waals surface area contributed by atoms with Crippen molar-refractivity contribution in [2.24, 2.45) is 0 Å². The van der Waals surface area contributed by atoms with E-state index in [9.17, 15) is 4.79 Å².